The quantitative estimate of drug-likeness (QED) is 0.817. The van der Waals surface area contributed by atoms with Crippen molar-refractivity contribution in [3.63, 3.8) is 0 Å². The van der Waals surface area contributed by atoms with Gasteiger partial charge in [-0.15, -0.1) is 0 Å². The second-order valence-corrected chi connectivity index (χ2v) is 7.76. The second kappa shape index (κ2) is 6.62. The van der Waals surface area contributed by atoms with E-state index in [4.69, 9.17) is 0 Å². The van der Waals surface area contributed by atoms with Crippen LogP contribution in [0.1, 0.15) is 18.4 Å². The van der Waals surface area contributed by atoms with Crippen LogP contribution in [0.25, 0.3) is 0 Å². The van der Waals surface area contributed by atoms with E-state index < -0.39 is 10.0 Å². The molecule has 22 heavy (non-hydrogen) atoms. The topological polar surface area (TPSA) is 55.2 Å². The third-order valence-corrected chi connectivity index (χ3v) is 6.07. The van der Waals surface area contributed by atoms with E-state index in [9.17, 15) is 8.42 Å². The number of sulfonamides is 1. The molecule has 1 aliphatic heterocycles. The van der Waals surface area contributed by atoms with Gasteiger partial charge in [0.2, 0.25) is 10.0 Å². The molecule has 1 atom stereocenters. The lowest BCUT2D eigenvalue weighted by atomic mass is 10.2. The van der Waals surface area contributed by atoms with Gasteiger partial charge in [0, 0.05) is 31.5 Å². The van der Waals surface area contributed by atoms with Crippen molar-refractivity contribution in [2.24, 2.45) is 0 Å². The molecule has 3 rings (SSSR count). The van der Waals surface area contributed by atoms with Gasteiger partial charge in [0.05, 0.1) is 12.1 Å². The van der Waals surface area contributed by atoms with Gasteiger partial charge in [-0.05, 0) is 24.8 Å². The van der Waals surface area contributed by atoms with E-state index in [-0.39, 0.29) is 11.8 Å². The molecule has 1 aromatic carbocycles. The average Bonchev–Trinajstić information content (AvgIpc) is 3.19. The molecule has 6 heteroatoms. The summed E-state index contributed by atoms with van der Waals surface area (Å²) in [6.45, 7) is 1.32. The van der Waals surface area contributed by atoms with Crippen molar-refractivity contribution >= 4 is 10.0 Å². The van der Waals surface area contributed by atoms with Crippen molar-refractivity contribution in [1.82, 2.24) is 13.9 Å². The fourth-order valence-electron chi connectivity index (χ4n) is 3.00. The Kier molecular flexibility index (Phi) is 4.59. The van der Waals surface area contributed by atoms with Gasteiger partial charge in [-0.3, -0.25) is 0 Å². The molecule has 1 aliphatic rings. The first-order valence-corrected chi connectivity index (χ1v) is 9.25. The summed E-state index contributed by atoms with van der Waals surface area (Å²) in [5, 5.41) is 0. The van der Waals surface area contributed by atoms with Gasteiger partial charge in [-0.2, -0.15) is 4.31 Å². The highest BCUT2D eigenvalue weighted by molar-refractivity contribution is 7.89. The van der Waals surface area contributed by atoms with Gasteiger partial charge in [0.15, 0.2) is 0 Å². The van der Waals surface area contributed by atoms with Crippen LogP contribution in [-0.2, 0) is 23.0 Å². The molecule has 0 radical (unpaired) electrons. The molecule has 0 amide bonds. The lowest BCUT2D eigenvalue weighted by molar-refractivity contribution is 0.352. The summed E-state index contributed by atoms with van der Waals surface area (Å²) >= 11 is 0. The Bertz CT molecular complexity index is 683. The molecular formula is C16H21N3O2S. The first kappa shape index (κ1) is 15.2. The highest BCUT2D eigenvalue weighted by atomic mass is 32.2. The summed E-state index contributed by atoms with van der Waals surface area (Å²) in [5.74, 6) is 0.178. The lowest BCUT2D eigenvalue weighted by Gasteiger charge is -2.24. The largest absolute Gasteiger partial charge is 0.336 e. The summed E-state index contributed by atoms with van der Waals surface area (Å²) in [7, 11) is -3.21. The summed E-state index contributed by atoms with van der Waals surface area (Å²) in [6, 6.07) is 9.83. The smallest absolute Gasteiger partial charge is 0.214 e. The van der Waals surface area contributed by atoms with E-state index in [0.717, 1.165) is 18.4 Å². The zero-order valence-electron chi connectivity index (χ0n) is 12.5. The van der Waals surface area contributed by atoms with Crippen LogP contribution in [0, 0.1) is 0 Å². The Balaban J connectivity index is 1.65. The summed E-state index contributed by atoms with van der Waals surface area (Å²) in [5.41, 5.74) is 1.07. The Labute approximate surface area is 131 Å². The van der Waals surface area contributed by atoms with Crippen molar-refractivity contribution in [3.8, 4) is 0 Å². The maximum atomic E-state index is 12.6. The number of aromatic nitrogens is 2. The molecule has 0 unspecified atom stereocenters. The normalized spacial score (nSPS) is 19.5. The van der Waals surface area contributed by atoms with Crippen LogP contribution in [0.15, 0.2) is 49.1 Å². The van der Waals surface area contributed by atoms with Crippen LogP contribution in [0.5, 0.6) is 0 Å². The maximum Gasteiger partial charge on any atom is 0.214 e. The van der Waals surface area contributed by atoms with Crippen molar-refractivity contribution in [3.05, 3.63) is 54.6 Å². The number of nitrogens with zero attached hydrogens (tertiary/aromatic N) is 3. The molecule has 118 valence electrons. The number of aryl methyl sites for hydroxylation is 1. The molecule has 0 aliphatic carbocycles. The fourth-order valence-corrected chi connectivity index (χ4v) is 4.77. The monoisotopic (exact) mass is 319 g/mol. The van der Waals surface area contributed by atoms with Gasteiger partial charge in [0.1, 0.15) is 0 Å². The third kappa shape index (κ3) is 3.56. The van der Waals surface area contributed by atoms with Crippen LogP contribution >= 0.6 is 0 Å². The van der Waals surface area contributed by atoms with Crippen molar-refractivity contribution in [2.45, 2.75) is 31.8 Å². The summed E-state index contributed by atoms with van der Waals surface area (Å²) in [6.07, 6.45) is 7.77. The van der Waals surface area contributed by atoms with Crippen LogP contribution in [-0.4, -0.2) is 40.6 Å². The van der Waals surface area contributed by atoms with Gasteiger partial charge in [-0.25, -0.2) is 13.4 Å². The van der Waals surface area contributed by atoms with E-state index in [1.165, 1.54) is 0 Å². The van der Waals surface area contributed by atoms with Crippen LogP contribution in [0.4, 0.5) is 0 Å². The zero-order chi connectivity index (χ0) is 15.4. The first-order valence-electron chi connectivity index (χ1n) is 7.64. The molecule has 2 aromatic rings. The van der Waals surface area contributed by atoms with Crippen LogP contribution in [0.3, 0.4) is 0 Å². The van der Waals surface area contributed by atoms with Crippen molar-refractivity contribution in [1.29, 1.82) is 0 Å². The van der Waals surface area contributed by atoms with E-state index in [2.05, 4.69) is 4.98 Å². The van der Waals surface area contributed by atoms with E-state index in [1.54, 1.807) is 16.8 Å². The molecule has 1 fully saturated rings. The Hall–Kier alpha value is -1.66. The third-order valence-electron chi connectivity index (χ3n) is 4.15. The van der Waals surface area contributed by atoms with E-state index in [1.807, 2.05) is 41.1 Å². The molecule has 1 saturated heterocycles. The molecule has 2 heterocycles. The lowest BCUT2D eigenvalue weighted by Crippen LogP contribution is -2.39. The highest BCUT2D eigenvalue weighted by Gasteiger charge is 2.33. The van der Waals surface area contributed by atoms with Gasteiger partial charge >= 0.3 is 0 Å². The van der Waals surface area contributed by atoms with Crippen LogP contribution in [0.2, 0.25) is 0 Å². The Morgan fingerprint density at radius 1 is 1.23 bits per heavy atom. The second-order valence-electron chi connectivity index (χ2n) is 5.72. The van der Waals surface area contributed by atoms with Crippen molar-refractivity contribution < 1.29 is 8.42 Å². The number of benzene rings is 1. The van der Waals surface area contributed by atoms with Crippen LogP contribution < -0.4 is 0 Å². The highest BCUT2D eigenvalue weighted by Crippen LogP contribution is 2.23. The minimum absolute atomic E-state index is 0.0509. The SMILES string of the molecule is O=S(=O)(CCc1ccccc1)N1CCC[C@H]1Cn1ccnc1. The van der Waals surface area contributed by atoms with Gasteiger partial charge in [0.25, 0.3) is 0 Å². The number of imidazole rings is 1. The Morgan fingerprint density at radius 2 is 2.05 bits per heavy atom. The van der Waals surface area contributed by atoms with Crippen molar-refractivity contribution in [2.75, 3.05) is 12.3 Å². The number of rotatable bonds is 6. The molecule has 5 nitrogen and oxygen atoms in total. The Morgan fingerprint density at radius 3 is 2.77 bits per heavy atom. The molecule has 1 aromatic heterocycles. The predicted molar refractivity (Wildman–Crippen MR) is 85.9 cm³/mol. The maximum absolute atomic E-state index is 12.6. The minimum Gasteiger partial charge on any atom is -0.336 e. The molecule has 0 saturated carbocycles. The van der Waals surface area contributed by atoms with Gasteiger partial charge in [-0.1, -0.05) is 30.3 Å². The molecule has 0 N–H and O–H groups in total. The number of hydrogen-bond acceptors (Lipinski definition) is 3. The predicted octanol–water partition coefficient (Wildman–Crippen LogP) is 1.92. The van der Waals surface area contributed by atoms with E-state index in [0.29, 0.717) is 19.5 Å². The van der Waals surface area contributed by atoms with Gasteiger partial charge < -0.3 is 4.57 Å². The minimum atomic E-state index is -3.21. The zero-order valence-corrected chi connectivity index (χ0v) is 13.3. The average molecular weight is 319 g/mol. The van der Waals surface area contributed by atoms with E-state index >= 15 is 0 Å². The number of hydrogen-bond donors (Lipinski definition) is 0. The summed E-state index contributed by atoms with van der Waals surface area (Å²) < 4.78 is 28.9. The fraction of sp³-hybridized carbons (Fsp3) is 0.438. The molecule has 0 spiro atoms. The summed E-state index contributed by atoms with van der Waals surface area (Å²) in [4.78, 5) is 4.02. The standard InChI is InChI=1S/C16H21N3O2S/c20-22(21,12-8-15-5-2-1-3-6-15)19-10-4-7-16(19)13-18-11-9-17-14-18/h1-3,5-6,9,11,14,16H,4,7-8,10,12-13H2/t16-/m0/s1. The molecular weight excluding hydrogens is 298 g/mol. The molecule has 0 bridgehead atoms. The first-order chi connectivity index (χ1) is 10.6.